The molecule has 0 fully saturated rings. The van der Waals surface area contributed by atoms with Crippen LogP contribution in [0.15, 0.2) is 61.3 Å². The van der Waals surface area contributed by atoms with Crippen LogP contribution in [0.2, 0.25) is 0 Å². The van der Waals surface area contributed by atoms with Crippen molar-refractivity contribution >= 4 is 23.0 Å². The highest BCUT2D eigenvalue weighted by molar-refractivity contribution is 6.10. The van der Waals surface area contributed by atoms with Crippen molar-refractivity contribution in [2.75, 3.05) is 18.0 Å². The van der Waals surface area contributed by atoms with Crippen LogP contribution in [0, 0.1) is 0 Å². The average Bonchev–Trinajstić information content (AvgIpc) is 3.11. The number of carbonyl (C=O) groups is 2. The standard InChI is InChI=1S/C21H20N4O2/c1-2-12-22-20(26)19-23-18(17-11-5-6-13-24(17)19)21(27)25-14-7-9-15-8-3-4-10-16(15)25/h2-6,8,10-11,13H,1,7,9,12,14H2,(H,22,26). The van der Waals surface area contributed by atoms with E-state index in [9.17, 15) is 9.59 Å². The molecule has 0 saturated carbocycles. The van der Waals surface area contributed by atoms with E-state index in [0.29, 0.717) is 18.6 Å². The molecule has 1 aliphatic heterocycles. The Labute approximate surface area is 157 Å². The maximum Gasteiger partial charge on any atom is 0.287 e. The number of hydrogen-bond donors (Lipinski definition) is 1. The number of aromatic nitrogens is 2. The van der Waals surface area contributed by atoms with E-state index in [-0.39, 0.29) is 23.3 Å². The molecule has 0 saturated heterocycles. The van der Waals surface area contributed by atoms with Crippen LogP contribution < -0.4 is 10.2 Å². The number of amides is 2. The van der Waals surface area contributed by atoms with E-state index < -0.39 is 0 Å². The Hall–Kier alpha value is -3.41. The summed E-state index contributed by atoms with van der Waals surface area (Å²) in [5, 5.41) is 2.72. The number of pyridine rings is 1. The summed E-state index contributed by atoms with van der Waals surface area (Å²) in [4.78, 5) is 32.0. The highest BCUT2D eigenvalue weighted by atomic mass is 16.2. The van der Waals surface area contributed by atoms with Crippen molar-refractivity contribution in [1.29, 1.82) is 0 Å². The number of fused-ring (bicyclic) bond motifs is 2. The molecule has 6 heteroatoms. The number of hydrogen-bond acceptors (Lipinski definition) is 3. The molecule has 0 spiro atoms. The summed E-state index contributed by atoms with van der Waals surface area (Å²) in [6.45, 7) is 4.58. The summed E-state index contributed by atoms with van der Waals surface area (Å²) in [5.41, 5.74) is 2.98. The maximum absolute atomic E-state index is 13.3. The third-order valence-corrected chi connectivity index (χ3v) is 4.72. The van der Waals surface area contributed by atoms with Gasteiger partial charge in [0.1, 0.15) is 0 Å². The Bertz CT molecular complexity index is 1040. The molecule has 0 bridgehead atoms. The Kier molecular flexibility index (Phi) is 4.46. The van der Waals surface area contributed by atoms with E-state index in [1.165, 1.54) is 0 Å². The first-order valence-electron chi connectivity index (χ1n) is 8.96. The smallest absolute Gasteiger partial charge is 0.287 e. The highest BCUT2D eigenvalue weighted by Crippen LogP contribution is 2.29. The monoisotopic (exact) mass is 360 g/mol. The first-order valence-corrected chi connectivity index (χ1v) is 8.96. The van der Waals surface area contributed by atoms with Gasteiger partial charge >= 0.3 is 0 Å². The molecule has 2 aromatic heterocycles. The molecule has 0 atom stereocenters. The second kappa shape index (κ2) is 7.07. The summed E-state index contributed by atoms with van der Waals surface area (Å²) in [5.74, 6) is -0.330. The summed E-state index contributed by atoms with van der Waals surface area (Å²) in [7, 11) is 0. The van der Waals surface area contributed by atoms with Gasteiger partial charge in [-0.1, -0.05) is 30.3 Å². The second-order valence-corrected chi connectivity index (χ2v) is 6.43. The molecule has 0 aliphatic carbocycles. The predicted octanol–water partition coefficient (Wildman–Crippen LogP) is 2.84. The van der Waals surface area contributed by atoms with Crippen LogP contribution in [0.1, 0.15) is 33.1 Å². The Morgan fingerprint density at radius 1 is 1.19 bits per heavy atom. The number of aryl methyl sites for hydroxylation is 1. The third-order valence-electron chi connectivity index (χ3n) is 4.72. The van der Waals surface area contributed by atoms with E-state index in [1.54, 1.807) is 27.6 Å². The molecule has 4 rings (SSSR count). The average molecular weight is 360 g/mol. The normalized spacial score (nSPS) is 13.3. The minimum Gasteiger partial charge on any atom is -0.346 e. The lowest BCUT2D eigenvalue weighted by atomic mass is 10.0. The topological polar surface area (TPSA) is 66.7 Å². The van der Waals surface area contributed by atoms with Gasteiger partial charge in [0, 0.05) is 25.0 Å². The van der Waals surface area contributed by atoms with Crippen LogP contribution in [-0.2, 0) is 6.42 Å². The quantitative estimate of drug-likeness (QED) is 0.728. The summed E-state index contributed by atoms with van der Waals surface area (Å²) in [6.07, 6.45) is 5.21. The van der Waals surface area contributed by atoms with Crippen molar-refractivity contribution in [2.45, 2.75) is 12.8 Å². The van der Waals surface area contributed by atoms with E-state index in [4.69, 9.17) is 0 Å². The van der Waals surface area contributed by atoms with Gasteiger partial charge in [0.15, 0.2) is 5.69 Å². The fourth-order valence-corrected chi connectivity index (χ4v) is 3.47. The minimum absolute atomic E-state index is 0.186. The first-order chi connectivity index (χ1) is 13.2. The van der Waals surface area contributed by atoms with Crippen LogP contribution in [-0.4, -0.2) is 34.3 Å². The van der Waals surface area contributed by atoms with Crippen LogP contribution in [0.25, 0.3) is 5.52 Å². The van der Waals surface area contributed by atoms with Crippen molar-refractivity contribution in [3.63, 3.8) is 0 Å². The molecule has 27 heavy (non-hydrogen) atoms. The Morgan fingerprint density at radius 2 is 2.00 bits per heavy atom. The number of imidazole rings is 1. The lowest BCUT2D eigenvalue weighted by Gasteiger charge is -2.28. The minimum atomic E-state index is -0.339. The molecular weight excluding hydrogens is 340 g/mol. The molecule has 6 nitrogen and oxygen atoms in total. The van der Waals surface area contributed by atoms with E-state index in [0.717, 1.165) is 24.1 Å². The van der Waals surface area contributed by atoms with E-state index in [1.807, 2.05) is 36.4 Å². The number of para-hydroxylation sites is 1. The number of carbonyl (C=O) groups excluding carboxylic acids is 2. The molecule has 3 heterocycles. The largest absolute Gasteiger partial charge is 0.346 e. The molecule has 0 radical (unpaired) electrons. The van der Waals surface area contributed by atoms with Gasteiger partial charge in [-0.2, -0.15) is 0 Å². The predicted molar refractivity (Wildman–Crippen MR) is 104 cm³/mol. The fraction of sp³-hybridized carbons (Fsp3) is 0.190. The fourth-order valence-electron chi connectivity index (χ4n) is 3.47. The van der Waals surface area contributed by atoms with Crippen LogP contribution in [0.3, 0.4) is 0 Å². The van der Waals surface area contributed by atoms with Crippen molar-refractivity contribution in [3.8, 4) is 0 Å². The van der Waals surface area contributed by atoms with Crippen molar-refractivity contribution in [3.05, 3.63) is 78.4 Å². The second-order valence-electron chi connectivity index (χ2n) is 6.43. The third kappa shape index (κ3) is 2.99. The number of anilines is 1. The van der Waals surface area contributed by atoms with Gasteiger partial charge in [-0.15, -0.1) is 6.58 Å². The molecule has 1 aromatic carbocycles. The van der Waals surface area contributed by atoms with Gasteiger partial charge in [-0.05, 0) is 36.6 Å². The highest BCUT2D eigenvalue weighted by Gasteiger charge is 2.28. The molecule has 0 unspecified atom stereocenters. The molecule has 1 aliphatic rings. The van der Waals surface area contributed by atoms with Crippen LogP contribution in [0.4, 0.5) is 5.69 Å². The van der Waals surface area contributed by atoms with Crippen molar-refractivity contribution in [2.24, 2.45) is 0 Å². The van der Waals surface area contributed by atoms with Gasteiger partial charge in [0.2, 0.25) is 5.82 Å². The van der Waals surface area contributed by atoms with Gasteiger partial charge in [0.05, 0.1) is 5.52 Å². The van der Waals surface area contributed by atoms with Gasteiger partial charge in [0.25, 0.3) is 11.8 Å². The number of benzene rings is 1. The van der Waals surface area contributed by atoms with Crippen molar-refractivity contribution < 1.29 is 9.59 Å². The molecular formula is C21H20N4O2. The maximum atomic E-state index is 13.3. The van der Waals surface area contributed by atoms with Crippen LogP contribution in [0.5, 0.6) is 0 Å². The number of nitrogens with one attached hydrogen (secondary N) is 1. The van der Waals surface area contributed by atoms with Crippen molar-refractivity contribution in [1.82, 2.24) is 14.7 Å². The summed E-state index contributed by atoms with van der Waals surface area (Å²) in [6, 6.07) is 13.4. The number of rotatable bonds is 4. The number of nitrogens with zero attached hydrogens (tertiary/aromatic N) is 3. The molecule has 136 valence electrons. The van der Waals surface area contributed by atoms with E-state index in [2.05, 4.69) is 16.9 Å². The first kappa shape index (κ1) is 17.0. The van der Waals surface area contributed by atoms with Gasteiger partial charge in [-0.3, -0.25) is 14.0 Å². The lowest BCUT2D eigenvalue weighted by Crippen LogP contribution is -2.35. The van der Waals surface area contributed by atoms with E-state index >= 15 is 0 Å². The Morgan fingerprint density at radius 3 is 2.85 bits per heavy atom. The molecule has 2 amide bonds. The summed E-state index contributed by atoms with van der Waals surface area (Å²) < 4.78 is 1.65. The SMILES string of the molecule is C=CCNC(=O)c1nc(C(=O)N2CCCc3ccccc32)c2ccccn12. The zero-order valence-corrected chi connectivity index (χ0v) is 14.9. The van der Waals surface area contributed by atoms with Gasteiger partial charge < -0.3 is 10.2 Å². The Balaban J connectivity index is 1.77. The zero-order chi connectivity index (χ0) is 18.8. The molecule has 3 aromatic rings. The summed E-state index contributed by atoms with van der Waals surface area (Å²) >= 11 is 0. The lowest BCUT2D eigenvalue weighted by molar-refractivity contribution is 0.0947. The molecule has 1 N–H and O–H groups in total. The van der Waals surface area contributed by atoms with Gasteiger partial charge in [-0.25, -0.2) is 4.98 Å². The zero-order valence-electron chi connectivity index (χ0n) is 14.9. The van der Waals surface area contributed by atoms with Crippen LogP contribution >= 0.6 is 0 Å².